The maximum atomic E-state index is 12.1. The molecule has 0 spiro atoms. The Balaban J connectivity index is 1.78. The predicted molar refractivity (Wildman–Crippen MR) is 103 cm³/mol. The molecule has 26 heavy (non-hydrogen) atoms. The summed E-state index contributed by atoms with van der Waals surface area (Å²) in [7, 11) is 0. The first-order valence-corrected chi connectivity index (χ1v) is 9.34. The molecule has 0 bridgehead atoms. The van der Waals surface area contributed by atoms with Gasteiger partial charge in [0.1, 0.15) is 0 Å². The van der Waals surface area contributed by atoms with Crippen molar-refractivity contribution in [1.82, 2.24) is 0 Å². The molecule has 0 aliphatic carbocycles. The summed E-state index contributed by atoms with van der Waals surface area (Å²) < 4.78 is 5.14. The van der Waals surface area contributed by atoms with Crippen molar-refractivity contribution in [2.75, 3.05) is 11.1 Å². The lowest BCUT2D eigenvalue weighted by molar-refractivity contribution is -0.150. The van der Waals surface area contributed by atoms with Gasteiger partial charge >= 0.3 is 5.97 Å². The molecule has 1 N–H and O–H groups in total. The highest BCUT2D eigenvalue weighted by atomic mass is 35.5. The second-order valence-electron chi connectivity index (χ2n) is 5.40. The Labute approximate surface area is 161 Å². The quantitative estimate of drug-likeness (QED) is 0.725. The highest BCUT2D eigenvalue weighted by Crippen LogP contribution is 2.20. The molecule has 0 unspecified atom stereocenters. The van der Waals surface area contributed by atoms with Gasteiger partial charge in [0.05, 0.1) is 17.4 Å². The minimum atomic E-state index is -0.936. The highest BCUT2D eigenvalue weighted by molar-refractivity contribution is 7.99. The fraction of sp³-hybridized carbons (Fsp3) is 0.211. The van der Waals surface area contributed by atoms with E-state index in [1.165, 1.54) is 18.7 Å². The molecule has 0 aromatic heterocycles. The van der Waals surface area contributed by atoms with E-state index < -0.39 is 18.0 Å². The minimum absolute atomic E-state index is 0.118. The van der Waals surface area contributed by atoms with Crippen molar-refractivity contribution in [3.05, 3.63) is 64.7 Å². The monoisotopic (exact) mass is 388 g/mol. The number of carbonyl (C=O) groups excluding carboxylic acids is 2. The third-order valence-corrected chi connectivity index (χ3v) is 4.70. The smallest absolute Gasteiger partial charge is 0.316 e. The summed E-state index contributed by atoms with van der Waals surface area (Å²) in [6, 6.07) is 15.9. The van der Waals surface area contributed by atoms with Gasteiger partial charge in [0.15, 0.2) is 6.10 Å². The molecule has 1 amide bonds. The number of thioether (sulfide) groups is 1. The van der Waals surface area contributed by atoms with Gasteiger partial charge in [-0.05, 0) is 36.8 Å². The average Bonchev–Trinajstić information content (AvgIpc) is 2.63. The fourth-order valence-corrected chi connectivity index (χ4v) is 3.15. The molecule has 7 heteroatoms. The van der Waals surface area contributed by atoms with Crippen LogP contribution in [-0.4, -0.2) is 23.7 Å². The Bertz CT molecular complexity index is 836. The molecular formula is C19H17ClN2O3S. The van der Waals surface area contributed by atoms with Crippen LogP contribution in [0.5, 0.6) is 0 Å². The van der Waals surface area contributed by atoms with Crippen molar-refractivity contribution >= 4 is 40.9 Å². The zero-order valence-electron chi connectivity index (χ0n) is 14.1. The Hall–Kier alpha value is -2.49. The zero-order chi connectivity index (χ0) is 18.9. The lowest BCUT2D eigenvalue weighted by atomic mass is 10.2. The first-order chi connectivity index (χ1) is 12.5. The summed E-state index contributed by atoms with van der Waals surface area (Å²) in [6.45, 7) is 1.50. The van der Waals surface area contributed by atoms with Crippen LogP contribution in [0.2, 0.25) is 5.02 Å². The standard InChI is InChI=1S/C19H17ClN2O3S/c1-13(19(24)22-16-7-4-5-14(9-16)10-21)25-18(23)12-26-11-15-6-2-3-8-17(15)20/h2-9,13H,11-12H2,1H3,(H,22,24)/t13-/m0/s1. The molecular weight excluding hydrogens is 372 g/mol. The van der Waals surface area contributed by atoms with E-state index in [2.05, 4.69) is 5.32 Å². The average molecular weight is 389 g/mol. The normalized spacial score (nSPS) is 11.3. The number of nitrogens with zero attached hydrogens (tertiary/aromatic N) is 1. The largest absolute Gasteiger partial charge is 0.452 e. The maximum absolute atomic E-state index is 12.1. The van der Waals surface area contributed by atoms with Crippen molar-refractivity contribution in [1.29, 1.82) is 5.26 Å². The molecule has 0 saturated carbocycles. The Morgan fingerprint density at radius 1 is 1.27 bits per heavy atom. The van der Waals surface area contributed by atoms with Gasteiger partial charge in [-0.15, -0.1) is 11.8 Å². The topological polar surface area (TPSA) is 79.2 Å². The van der Waals surface area contributed by atoms with E-state index >= 15 is 0 Å². The molecule has 2 aromatic rings. The number of carbonyl (C=O) groups is 2. The summed E-state index contributed by atoms with van der Waals surface area (Å²) >= 11 is 7.43. The zero-order valence-corrected chi connectivity index (χ0v) is 15.6. The summed E-state index contributed by atoms with van der Waals surface area (Å²) in [5, 5.41) is 12.1. The van der Waals surface area contributed by atoms with Gasteiger partial charge in [0.25, 0.3) is 5.91 Å². The van der Waals surface area contributed by atoms with Gasteiger partial charge in [-0.1, -0.05) is 35.9 Å². The molecule has 1 atom stereocenters. The van der Waals surface area contributed by atoms with Crippen LogP contribution in [0, 0.1) is 11.3 Å². The first-order valence-electron chi connectivity index (χ1n) is 7.81. The second-order valence-corrected chi connectivity index (χ2v) is 6.79. The number of rotatable bonds is 7. The first kappa shape index (κ1) is 19.8. The van der Waals surface area contributed by atoms with E-state index in [1.807, 2.05) is 24.3 Å². The third-order valence-electron chi connectivity index (χ3n) is 3.37. The van der Waals surface area contributed by atoms with E-state index in [-0.39, 0.29) is 5.75 Å². The number of nitriles is 1. The SMILES string of the molecule is C[C@H](OC(=O)CSCc1ccccc1Cl)C(=O)Nc1cccc(C#N)c1. The van der Waals surface area contributed by atoms with Gasteiger partial charge in [-0.2, -0.15) is 5.26 Å². The minimum Gasteiger partial charge on any atom is -0.452 e. The maximum Gasteiger partial charge on any atom is 0.316 e. The number of halogens is 1. The van der Waals surface area contributed by atoms with Crippen molar-refractivity contribution in [2.45, 2.75) is 18.8 Å². The Morgan fingerprint density at radius 3 is 2.77 bits per heavy atom. The van der Waals surface area contributed by atoms with Crippen LogP contribution < -0.4 is 5.32 Å². The number of hydrogen-bond donors (Lipinski definition) is 1. The van der Waals surface area contributed by atoms with E-state index in [9.17, 15) is 9.59 Å². The van der Waals surface area contributed by atoms with Crippen LogP contribution in [0.1, 0.15) is 18.1 Å². The van der Waals surface area contributed by atoms with Crippen molar-refractivity contribution in [3.8, 4) is 6.07 Å². The van der Waals surface area contributed by atoms with Gasteiger partial charge in [-0.25, -0.2) is 0 Å². The number of amides is 1. The number of ether oxygens (including phenoxy) is 1. The van der Waals surface area contributed by atoms with Crippen molar-refractivity contribution in [3.63, 3.8) is 0 Å². The fourth-order valence-electron chi connectivity index (χ4n) is 2.05. The Kier molecular flexibility index (Phi) is 7.52. The van der Waals surface area contributed by atoms with Crippen LogP contribution in [0.15, 0.2) is 48.5 Å². The van der Waals surface area contributed by atoms with Gasteiger partial charge in [-0.3, -0.25) is 9.59 Å². The lowest BCUT2D eigenvalue weighted by Crippen LogP contribution is -2.30. The summed E-state index contributed by atoms with van der Waals surface area (Å²) in [6.07, 6.45) is -0.936. The number of nitrogens with one attached hydrogen (secondary N) is 1. The van der Waals surface area contributed by atoms with E-state index in [0.717, 1.165) is 5.56 Å². The van der Waals surface area contributed by atoms with Crippen LogP contribution in [-0.2, 0) is 20.1 Å². The van der Waals surface area contributed by atoms with E-state index in [0.29, 0.717) is 22.0 Å². The number of hydrogen-bond acceptors (Lipinski definition) is 5. The summed E-state index contributed by atoms with van der Waals surface area (Å²) in [4.78, 5) is 24.0. The molecule has 0 heterocycles. The van der Waals surface area contributed by atoms with E-state index in [1.54, 1.807) is 30.3 Å². The third kappa shape index (κ3) is 6.10. The van der Waals surface area contributed by atoms with Gasteiger partial charge < -0.3 is 10.1 Å². The molecule has 134 valence electrons. The van der Waals surface area contributed by atoms with Gasteiger partial charge in [0.2, 0.25) is 0 Å². The lowest BCUT2D eigenvalue weighted by Gasteiger charge is -2.13. The predicted octanol–water partition coefficient (Wildman–Crippen LogP) is 4.02. The summed E-state index contributed by atoms with van der Waals surface area (Å²) in [5.41, 5.74) is 1.85. The summed E-state index contributed by atoms with van der Waals surface area (Å²) in [5.74, 6) is -0.233. The van der Waals surface area contributed by atoms with Crippen molar-refractivity contribution < 1.29 is 14.3 Å². The number of benzene rings is 2. The van der Waals surface area contributed by atoms with Crippen LogP contribution >= 0.6 is 23.4 Å². The van der Waals surface area contributed by atoms with Crippen LogP contribution in [0.25, 0.3) is 0 Å². The molecule has 0 fully saturated rings. The number of esters is 1. The molecule has 0 saturated heterocycles. The van der Waals surface area contributed by atoms with Gasteiger partial charge in [0, 0.05) is 16.5 Å². The van der Waals surface area contributed by atoms with E-state index in [4.69, 9.17) is 21.6 Å². The molecule has 0 aliphatic heterocycles. The molecule has 5 nitrogen and oxygen atoms in total. The molecule has 0 aliphatic rings. The van der Waals surface area contributed by atoms with Crippen LogP contribution in [0.3, 0.4) is 0 Å². The highest BCUT2D eigenvalue weighted by Gasteiger charge is 2.18. The molecule has 0 radical (unpaired) electrons. The van der Waals surface area contributed by atoms with Crippen molar-refractivity contribution in [2.24, 2.45) is 0 Å². The Morgan fingerprint density at radius 2 is 2.04 bits per heavy atom. The van der Waals surface area contributed by atoms with Crippen LogP contribution in [0.4, 0.5) is 5.69 Å². The molecule has 2 rings (SSSR count). The molecule has 2 aromatic carbocycles. The number of anilines is 1. The second kappa shape index (κ2) is 9.85.